The lowest BCUT2D eigenvalue weighted by Crippen LogP contribution is -2.47. The van der Waals surface area contributed by atoms with Crippen LogP contribution in [0.25, 0.3) is 22.3 Å². The van der Waals surface area contributed by atoms with Gasteiger partial charge in [-0.1, -0.05) is 38.1 Å². The molecule has 0 spiro atoms. The molecular formula is C29H31N3O4. The zero-order chi connectivity index (χ0) is 26.1. The zero-order valence-corrected chi connectivity index (χ0v) is 21.0. The fourth-order valence-electron chi connectivity index (χ4n) is 3.89. The van der Waals surface area contributed by atoms with Crippen LogP contribution in [-0.4, -0.2) is 38.6 Å². The third-order valence-corrected chi connectivity index (χ3v) is 5.67. The largest absolute Gasteiger partial charge is 0.497 e. The van der Waals surface area contributed by atoms with Crippen molar-refractivity contribution >= 4 is 11.8 Å². The molecule has 186 valence electrons. The van der Waals surface area contributed by atoms with Crippen LogP contribution in [0.1, 0.15) is 30.6 Å². The summed E-state index contributed by atoms with van der Waals surface area (Å²) in [4.78, 5) is 26.0. The Labute approximate surface area is 212 Å². The molecule has 2 amide bonds. The van der Waals surface area contributed by atoms with Gasteiger partial charge >= 0.3 is 0 Å². The van der Waals surface area contributed by atoms with Crippen LogP contribution in [0.3, 0.4) is 0 Å². The average Bonchev–Trinajstić information content (AvgIpc) is 2.90. The summed E-state index contributed by atoms with van der Waals surface area (Å²) in [6.45, 7) is 3.83. The van der Waals surface area contributed by atoms with E-state index in [1.165, 1.54) is 0 Å². The van der Waals surface area contributed by atoms with E-state index in [9.17, 15) is 9.59 Å². The van der Waals surface area contributed by atoms with E-state index in [2.05, 4.69) is 10.6 Å². The van der Waals surface area contributed by atoms with Crippen LogP contribution in [0.2, 0.25) is 0 Å². The van der Waals surface area contributed by atoms with Gasteiger partial charge in [0.15, 0.2) is 0 Å². The molecule has 3 rings (SSSR count). The second-order valence-electron chi connectivity index (χ2n) is 8.79. The molecule has 0 heterocycles. The van der Waals surface area contributed by atoms with Gasteiger partial charge in [-0.2, -0.15) is 5.26 Å². The first-order chi connectivity index (χ1) is 17.3. The number of hydrogen-bond donors (Lipinski definition) is 2. The highest BCUT2D eigenvalue weighted by Gasteiger charge is 2.23. The van der Waals surface area contributed by atoms with Crippen molar-refractivity contribution in [2.75, 3.05) is 20.8 Å². The van der Waals surface area contributed by atoms with Crippen molar-refractivity contribution in [2.45, 2.75) is 26.3 Å². The molecule has 36 heavy (non-hydrogen) atoms. The number of methoxy groups -OCH3 is 2. The number of nitrogens with zero attached hydrogens (tertiary/aromatic N) is 1. The van der Waals surface area contributed by atoms with E-state index < -0.39 is 6.04 Å². The van der Waals surface area contributed by atoms with Crippen LogP contribution in [0.4, 0.5) is 0 Å². The van der Waals surface area contributed by atoms with Gasteiger partial charge in [0.1, 0.15) is 24.1 Å². The molecule has 0 radical (unpaired) electrons. The minimum atomic E-state index is -0.758. The summed E-state index contributed by atoms with van der Waals surface area (Å²) in [5.41, 5.74) is 3.84. The van der Waals surface area contributed by atoms with Crippen molar-refractivity contribution in [2.24, 2.45) is 5.92 Å². The fourth-order valence-corrected chi connectivity index (χ4v) is 3.89. The van der Waals surface area contributed by atoms with Gasteiger partial charge in [0.25, 0.3) is 5.91 Å². The molecule has 0 saturated carbocycles. The molecule has 0 aliphatic rings. The molecule has 3 aromatic carbocycles. The maximum absolute atomic E-state index is 13.4. The Morgan fingerprint density at radius 3 is 1.89 bits per heavy atom. The summed E-state index contributed by atoms with van der Waals surface area (Å²) >= 11 is 0. The topological polar surface area (TPSA) is 100 Å². The molecule has 0 unspecified atom stereocenters. The lowest BCUT2D eigenvalue weighted by atomic mass is 9.95. The lowest BCUT2D eigenvalue weighted by molar-refractivity contribution is -0.123. The number of ether oxygens (including phenoxy) is 2. The van der Waals surface area contributed by atoms with E-state index in [0.717, 1.165) is 22.3 Å². The summed E-state index contributed by atoms with van der Waals surface area (Å²) in [7, 11) is 3.22. The van der Waals surface area contributed by atoms with Crippen molar-refractivity contribution in [1.82, 2.24) is 10.6 Å². The van der Waals surface area contributed by atoms with Gasteiger partial charge < -0.3 is 20.1 Å². The number of amides is 2. The quantitative estimate of drug-likeness (QED) is 0.401. The Morgan fingerprint density at radius 2 is 1.42 bits per heavy atom. The highest BCUT2D eigenvalue weighted by molar-refractivity contribution is 6.00. The standard InChI is InChI=1S/C29H31N3O4/c1-19(2)13-27(29(34)31-12-11-30)32-28(33)24-15-22(20-7-5-9-25(17-20)35-3)14-23(16-24)21-8-6-10-26(18-21)36-4/h5-10,14-19,27H,12-13H2,1-4H3,(H,31,34)(H,32,33)/t27-/m0/s1. The van der Waals surface area contributed by atoms with E-state index >= 15 is 0 Å². The maximum Gasteiger partial charge on any atom is 0.251 e. The Bertz CT molecular complexity index is 1200. The van der Waals surface area contributed by atoms with Crippen molar-refractivity contribution < 1.29 is 19.1 Å². The van der Waals surface area contributed by atoms with Crippen molar-refractivity contribution in [3.63, 3.8) is 0 Å². The minimum absolute atomic E-state index is 0.116. The minimum Gasteiger partial charge on any atom is -0.497 e. The van der Waals surface area contributed by atoms with Gasteiger partial charge in [0, 0.05) is 5.56 Å². The first kappa shape index (κ1) is 26.3. The van der Waals surface area contributed by atoms with Crippen molar-refractivity contribution in [1.29, 1.82) is 5.26 Å². The summed E-state index contributed by atoms with van der Waals surface area (Å²) < 4.78 is 10.8. The van der Waals surface area contributed by atoms with Gasteiger partial charge in [-0.05, 0) is 77.1 Å². The smallest absolute Gasteiger partial charge is 0.251 e. The molecule has 0 fully saturated rings. The zero-order valence-electron chi connectivity index (χ0n) is 21.0. The van der Waals surface area contributed by atoms with Gasteiger partial charge in [-0.25, -0.2) is 0 Å². The van der Waals surface area contributed by atoms with E-state index in [0.29, 0.717) is 23.5 Å². The lowest BCUT2D eigenvalue weighted by Gasteiger charge is -2.20. The Kier molecular flexibility index (Phi) is 9.07. The Morgan fingerprint density at radius 1 is 0.861 bits per heavy atom. The molecule has 0 saturated heterocycles. The molecule has 2 N–H and O–H groups in total. The number of carbonyl (C=O) groups is 2. The molecule has 0 aromatic heterocycles. The number of nitrogens with one attached hydrogen (secondary N) is 2. The van der Waals surface area contributed by atoms with E-state index in [1.54, 1.807) is 26.4 Å². The van der Waals surface area contributed by atoms with Crippen molar-refractivity contribution in [3.8, 4) is 39.8 Å². The second-order valence-corrected chi connectivity index (χ2v) is 8.79. The van der Waals surface area contributed by atoms with E-state index in [-0.39, 0.29) is 24.3 Å². The number of hydrogen-bond acceptors (Lipinski definition) is 5. The summed E-state index contributed by atoms with van der Waals surface area (Å²) in [6, 6.07) is 22.0. The van der Waals surface area contributed by atoms with Gasteiger partial charge in [0.05, 0.1) is 20.3 Å². The first-order valence-electron chi connectivity index (χ1n) is 11.7. The van der Waals surface area contributed by atoms with Crippen LogP contribution >= 0.6 is 0 Å². The molecular weight excluding hydrogens is 454 g/mol. The first-order valence-corrected chi connectivity index (χ1v) is 11.7. The molecule has 7 nitrogen and oxygen atoms in total. The van der Waals surface area contributed by atoms with Crippen LogP contribution < -0.4 is 20.1 Å². The molecule has 0 bridgehead atoms. The Balaban J connectivity index is 2.04. The van der Waals surface area contributed by atoms with Crippen LogP contribution in [0.5, 0.6) is 11.5 Å². The molecule has 7 heteroatoms. The second kappa shape index (κ2) is 12.4. The molecule has 0 aliphatic heterocycles. The molecule has 0 aliphatic carbocycles. The summed E-state index contributed by atoms with van der Waals surface area (Å²) in [6.07, 6.45) is 0.446. The van der Waals surface area contributed by atoms with Crippen LogP contribution in [0, 0.1) is 17.2 Å². The van der Waals surface area contributed by atoms with Gasteiger partial charge in [-0.3, -0.25) is 9.59 Å². The SMILES string of the molecule is COc1cccc(-c2cc(C(=O)N[C@@H](CC(C)C)C(=O)NCC#N)cc(-c3cccc(OC)c3)c2)c1. The fraction of sp³-hybridized carbons (Fsp3) is 0.276. The van der Waals surface area contributed by atoms with Gasteiger partial charge in [0.2, 0.25) is 5.91 Å². The van der Waals surface area contributed by atoms with Crippen LogP contribution in [-0.2, 0) is 4.79 Å². The van der Waals surface area contributed by atoms with E-state index in [4.69, 9.17) is 14.7 Å². The number of benzene rings is 3. The molecule has 3 aromatic rings. The third kappa shape index (κ3) is 6.86. The maximum atomic E-state index is 13.4. The normalized spacial score (nSPS) is 11.3. The van der Waals surface area contributed by atoms with Crippen LogP contribution in [0.15, 0.2) is 66.7 Å². The highest BCUT2D eigenvalue weighted by atomic mass is 16.5. The number of carbonyl (C=O) groups excluding carboxylic acids is 2. The summed E-state index contributed by atoms with van der Waals surface area (Å²) in [5.74, 6) is 0.823. The van der Waals surface area contributed by atoms with Gasteiger partial charge in [-0.15, -0.1) is 0 Å². The highest BCUT2D eigenvalue weighted by Crippen LogP contribution is 2.31. The monoisotopic (exact) mass is 485 g/mol. The predicted octanol–water partition coefficient (Wildman–Crippen LogP) is 4.82. The number of rotatable bonds is 10. The third-order valence-electron chi connectivity index (χ3n) is 5.67. The predicted molar refractivity (Wildman–Crippen MR) is 140 cm³/mol. The average molecular weight is 486 g/mol. The molecule has 1 atom stereocenters. The van der Waals surface area contributed by atoms with E-state index in [1.807, 2.05) is 74.5 Å². The summed E-state index contributed by atoms with van der Waals surface area (Å²) in [5, 5.41) is 14.2. The number of nitriles is 1. The van der Waals surface area contributed by atoms with Crippen molar-refractivity contribution in [3.05, 3.63) is 72.3 Å². The Hall–Kier alpha value is -4.31.